The molecule has 5 nitrogen and oxygen atoms in total. The number of anilines is 2. The molecular weight excluding hydrogens is 380 g/mol. The van der Waals surface area contributed by atoms with Gasteiger partial charge in [0.1, 0.15) is 0 Å². The normalized spacial score (nSPS) is 18.8. The first-order chi connectivity index (χ1) is 8.93. The van der Waals surface area contributed by atoms with E-state index in [2.05, 4.69) is 36.6 Å². The maximum atomic E-state index is 12.0. The molecule has 102 valence electrons. The number of nitrogens with zero attached hydrogens (tertiary/aromatic N) is 1. The Kier molecular flexibility index (Phi) is 4.15. The van der Waals surface area contributed by atoms with Gasteiger partial charge in [0.25, 0.3) is 0 Å². The fraction of sp³-hybridized carbons (Fsp3) is 0.333. The molecule has 1 aliphatic rings. The maximum Gasteiger partial charge on any atom is 0.311 e. The van der Waals surface area contributed by atoms with Gasteiger partial charge in [-0.3, -0.25) is 9.59 Å². The van der Waals surface area contributed by atoms with Gasteiger partial charge in [-0.1, -0.05) is 0 Å². The monoisotopic (exact) mass is 390 g/mol. The first-order valence-electron chi connectivity index (χ1n) is 5.56. The molecule has 1 saturated heterocycles. The summed E-state index contributed by atoms with van der Waals surface area (Å²) in [6, 6.07) is 3.48. The van der Waals surface area contributed by atoms with Crippen molar-refractivity contribution in [1.82, 2.24) is 0 Å². The van der Waals surface area contributed by atoms with Crippen LogP contribution >= 0.6 is 31.9 Å². The van der Waals surface area contributed by atoms with Gasteiger partial charge in [0.05, 0.1) is 24.4 Å². The van der Waals surface area contributed by atoms with Crippen LogP contribution in [0.2, 0.25) is 0 Å². The van der Waals surface area contributed by atoms with E-state index in [1.54, 1.807) is 12.1 Å². The molecule has 0 aliphatic carbocycles. The molecule has 2 N–H and O–H groups in total. The van der Waals surface area contributed by atoms with Gasteiger partial charge in [-0.25, -0.2) is 0 Å². The zero-order valence-electron chi connectivity index (χ0n) is 10.2. The number of carbonyl (C=O) groups is 2. The summed E-state index contributed by atoms with van der Waals surface area (Å²) < 4.78 is 6.28. The summed E-state index contributed by atoms with van der Waals surface area (Å²) in [6.45, 7) is 0.295. The van der Waals surface area contributed by atoms with Gasteiger partial charge in [-0.05, 0) is 44.0 Å². The van der Waals surface area contributed by atoms with E-state index in [4.69, 9.17) is 5.73 Å². The maximum absolute atomic E-state index is 12.0. The molecule has 0 radical (unpaired) electrons. The standard InChI is InChI=1S/C12H12Br2N2O3/c1-19-12(18)6-2-11(17)16(5-6)10-4-8(14)7(13)3-9(10)15/h3-4,6H,2,5,15H2,1H3. The Morgan fingerprint density at radius 1 is 1.42 bits per heavy atom. The summed E-state index contributed by atoms with van der Waals surface area (Å²) in [5.74, 6) is -0.929. The number of ether oxygens (including phenoxy) is 1. The molecule has 1 aromatic carbocycles. The SMILES string of the molecule is COC(=O)C1CC(=O)N(c2cc(Br)c(Br)cc2N)C1. The van der Waals surface area contributed by atoms with Gasteiger partial charge >= 0.3 is 5.97 Å². The molecule has 1 atom stereocenters. The summed E-state index contributed by atoms with van der Waals surface area (Å²) in [5.41, 5.74) is 7.01. The van der Waals surface area contributed by atoms with Crippen molar-refractivity contribution in [3.63, 3.8) is 0 Å². The Hall–Kier alpha value is -1.08. The minimum absolute atomic E-state index is 0.128. The molecule has 2 rings (SSSR count). The van der Waals surface area contributed by atoms with E-state index < -0.39 is 5.92 Å². The van der Waals surface area contributed by atoms with Gasteiger partial charge in [-0.15, -0.1) is 0 Å². The van der Waals surface area contributed by atoms with Crippen LogP contribution in [0, 0.1) is 5.92 Å². The Balaban J connectivity index is 2.30. The highest BCUT2D eigenvalue weighted by Gasteiger charge is 2.36. The van der Waals surface area contributed by atoms with Crippen LogP contribution in [-0.4, -0.2) is 25.5 Å². The molecule has 1 amide bonds. The Bertz CT molecular complexity index is 548. The van der Waals surface area contributed by atoms with Crippen LogP contribution in [0.1, 0.15) is 6.42 Å². The lowest BCUT2D eigenvalue weighted by molar-refractivity contribution is -0.145. The summed E-state index contributed by atoms with van der Waals surface area (Å²) >= 11 is 6.72. The third kappa shape index (κ3) is 2.76. The van der Waals surface area contributed by atoms with Crippen molar-refractivity contribution in [2.45, 2.75) is 6.42 Å². The molecule has 19 heavy (non-hydrogen) atoms. The third-order valence-electron chi connectivity index (χ3n) is 3.02. The molecule has 7 heteroatoms. The van der Waals surface area contributed by atoms with Crippen molar-refractivity contribution in [3.05, 3.63) is 21.1 Å². The van der Waals surface area contributed by atoms with Crippen LogP contribution < -0.4 is 10.6 Å². The first-order valence-corrected chi connectivity index (χ1v) is 7.15. The number of nitrogens with two attached hydrogens (primary N) is 1. The van der Waals surface area contributed by atoms with Crippen molar-refractivity contribution >= 4 is 55.1 Å². The number of hydrogen-bond donors (Lipinski definition) is 1. The molecule has 0 aromatic heterocycles. The summed E-state index contributed by atoms with van der Waals surface area (Å²) in [5, 5.41) is 0. The first kappa shape index (κ1) is 14.3. The van der Waals surface area contributed by atoms with Crippen molar-refractivity contribution in [1.29, 1.82) is 0 Å². The van der Waals surface area contributed by atoms with E-state index in [-0.39, 0.29) is 18.3 Å². The van der Waals surface area contributed by atoms with E-state index in [1.807, 2.05) is 0 Å². The predicted octanol–water partition coefficient (Wildman–Crippen LogP) is 2.32. The van der Waals surface area contributed by atoms with Gasteiger partial charge in [0.2, 0.25) is 5.91 Å². The lowest BCUT2D eigenvalue weighted by Crippen LogP contribution is -2.27. The van der Waals surface area contributed by atoms with Crippen molar-refractivity contribution < 1.29 is 14.3 Å². The van der Waals surface area contributed by atoms with Crippen LogP contribution in [0.3, 0.4) is 0 Å². The minimum Gasteiger partial charge on any atom is -0.469 e. The van der Waals surface area contributed by atoms with Crippen LogP contribution in [0.5, 0.6) is 0 Å². The number of hydrogen-bond acceptors (Lipinski definition) is 4. The Morgan fingerprint density at radius 2 is 2.05 bits per heavy atom. The second kappa shape index (κ2) is 5.50. The number of amides is 1. The van der Waals surface area contributed by atoms with E-state index in [1.165, 1.54) is 12.0 Å². The quantitative estimate of drug-likeness (QED) is 0.620. The highest BCUT2D eigenvalue weighted by molar-refractivity contribution is 9.13. The molecule has 0 bridgehead atoms. The number of carbonyl (C=O) groups excluding carboxylic acids is 2. The predicted molar refractivity (Wildman–Crippen MR) is 78.7 cm³/mol. The summed E-state index contributed by atoms with van der Waals surface area (Å²) in [7, 11) is 1.32. The lowest BCUT2D eigenvalue weighted by Gasteiger charge is -2.19. The summed E-state index contributed by atoms with van der Waals surface area (Å²) in [6.07, 6.45) is 0.153. The van der Waals surface area contributed by atoms with Gasteiger partial charge in [0, 0.05) is 21.9 Å². The number of benzene rings is 1. The average molecular weight is 392 g/mol. The number of esters is 1. The lowest BCUT2D eigenvalue weighted by atomic mass is 10.1. The molecular formula is C12H12Br2N2O3. The number of halogens is 2. The Morgan fingerprint density at radius 3 is 2.68 bits per heavy atom. The molecule has 1 unspecified atom stereocenters. The van der Waals surface area contributed by atoms with Crippen molar-refractivity contribution in [2.75, 3.05) is 24.3 Å². The third-order valence-corrected chi connectivity index (χ3v) is 4.86. The average Bonchev–Trinajstić information content (AvgIpc) is 2.75. The molecule has 0 spiro atoms. The van der Waals surface area contributed by atoms with Crippen LogP contribution in [0.25, 0.3) is 0 Å². The largest absolute Gasteiger partial charge is 0.469 e. The van der Waals surface area contributed by atoms with Crippen LogP contribution in [0.15, 0.2) is 21.1 Å². The summed E-state index contributed by atoms with van der Waals surface area (Å²) in [4.78, 5) is 25.0. The molecule has 1 fully saturated rings. The molecule has 1 heterocycles. The fourth-order valence-corrected chi connectivity index (χ4v) is 2.74. The highest BCUT2D eigenvalue weighted by atomic mass is 79.9. The number of methoxy groups -OCH3 is 1. The van der Waals surface area contributed by atoms with Crippen molar-refractivity contribution in [3.8, 4) is 0 Å². The van der Waals surface area contributed by atoms with Gasteiger partial charge in [0.15, 0.2) is 0 Å². The highest BCUT2D eigenvalue weighted by Crippen LogP contribution is 2.36. The van der Waals surface area contributed by atoms with Crippen LogP contribution in [0.4, 0.5) is 11.4 Å². The zero-order valence-corrected chi connectivity index (χ0v) is 13.3. The fourth-order valence-electron chi connectivity index (χ4n) is 2.05. The second-order valence-corrected chi connectivity index (χ2v) is 5.96. The van der Waals surface area contributed by atoms with E-state index in [9.17, 15) is 9.59 Å². The van der Waals surface area contributed by atoms with Gasteiger partial charge in [-0.2, -0.15) is 0 Å². The molecule has 0 saturated carbocycles. The number of rotatable bonds is 2. The smallest absolute Gasteiger partial charge is 0.311 e. The van der Waals surface area contributed by atoms with Gasteiger partial charge < -0.3 is 15.4 Å². The second-order valence-electron chi connectivity index (χ2n) is 4.25. The van der Waals surface area contributed by atoms with E-state index >= 15 is 0 Å². The van der Waals surface area contributed by atoms with E-state index in [0.29, 0.717) is 17.9 Å². The zero-order chi connectivity index (χ0) is 14.2. The van der Waals surface area contributed by atoms with Crippen molar-refractivity contribution in [2.24, 2.45) is 5.92 Å². The molecule has 1 aliphatic heterocycles. The van der Waals surface area contributed by atoms with Crippen LogP contribution in [-0.2, 0) is 14.3 Å². The van der Waals surface area contributed by atoms with E-state index in [0.717, 1.165) is 8.95 Å². The number of nitrogen functional groups attached to an aromatic ring is 1. The Labute approximate surface area is 127 Å². The topological polar surface area (TPSA) is 72.6 Å². The molecule has 1 aromatic rings. The minimum atomic E-state index is -0.431.